The summed E-state index contributed by atoms with van der Waals surface area (Å²) < 4.78 is 1.56. The first-order valence-corrected chi connectivity index (χ1v) is 5.99. The summed E-state index contributed by atoms with van der Waals surface area (Å²) in [7, 11) is 0. The molecule has 1 aliphatic carbocycles. The van der Waals surface area contributed by atoms with E-state index in [-0.39, 0.29) is 5.88 Å². The molecule has 0 bridgehead atoms. The zero-order valence-corrected chi connectivity index (χ0v) is 9.85. The van der Waals surface area contributed by atoms with Gasteiger partial charge in [-0.2, -0.15) is 9.78 Å². The van der Waals surface area contributed by atoms with E-state index < -0.39 is 0 Å². The summed E-state index contributed by atoms with van der Waals surface area (Å²) >= 11 is 0. The Bertz CT molecular complexity index is 560. The van der Waals surface area contributed by atoms with Crippen molar-refractivity contribution in [2.45, 2.75) is 32.6 Å². The maximum absolute atomic E-state index is 10.2. The van der Waals surface area contributed by atoms with Crippen LogP contribution in [0.4, 0.5) is 0 Å². The SMILES string of the molecule is Cc1cccc(-n2nc3c(c2O)CCCC3)n1. The molecule has 0 saturated carbocycles. The number of aromatic hydroxyl groups is 1. The van der Waals surface area contributed by atoms with Gasteiger partial charge < -0.3 is 5.11 Å². The van der Waals surface area contributed by atoms with Crippen molar-refractivity contribution in [3.05, 3.63) is 35.2 Å². The van der Waals surface area contributed by atoms with Crippen LogP contribution >= 0.6 is 0 Å². The third-order valence-electron chi connectivity index (χ3n) is 3.22. The number of aryl methyl sites for hydroxylation is 2. The van der Waals surface area contributed by atoms with Crippen molar-refractivity contribution in [2.24, 2.45) is 0 Å². The first-order valence-electron chi connectivity index (χ1n) is 5.99. The summed E-state index contributed by atoms with van der Waals surface area (Å²) in [5, 5.41) is 14.6. The second-order valence-electron chi connectivity index (χ2n) is 4.50. The van der Waals surface area contributed by atoms with Crippen LogP contribution in [0, 0.1) is 6.92 Å². The van der Waals surface area contributed by atoms with Gasteiger partial charge in [0.25, 0.3) is 0 Å². The molecule has 3 rings (SSSR count). The molecule has 0 atom stereocenters. The van der Waals surface area contributed by atoms with E-state index in [0.29, 0.717) is 5.82 Å². The van der Waals surface area contributed by atoms with Crippen molar-refractivity contribution < 1.29 is 5.11 Å². The third-order valence-corrected chi connectivity index (χ3v) is 3.22. The van der Waals surface area contributed by atoms with E-state index in [2.05, 4.69) is 10.1 Å². The lowest BCUT2D eigenvalue weighted by Gasteiger charge is -2.07. The number of pyridine rings is 1. The van der Waals surface area contributed by atoms with Gasteiger partial charge in [-0.3, -0.25) is 0 Å². The van der Waals surface area contributed by atoms with Crippen LogP contribution in [0.3, 0.4) is 0 Å². The van der Waals surface area contributed by atoms with Crippen molar-refractivity contribution in [1.29, 1.82) is 0 Å². The Morgan fingerprint density at radius 3 is 2.82 bits per heavy atom. The Morgan fingerprint density at radius 1 is 1.24 bits per heavy atom. The lowest BCUT2D eigenvalue weighted by atomic mass is 9.98. The van der Waals surface area contributed by atoms with Crippen molar-refractivity contribution in [1.82, 2.24) is 14.8 Å². The summed E-state index contributed by atoms with van der Waals surface area (Å²) in [6.45, 7) is 1.93. The molecule has 0 fully saturated rings. The van der Waals surface area contributed by atoms with Gasteiger partial charge in [-0.15, -0.1) is 0 Å². The van der Waals surface area contributed by atoms with Crippen LogP contribution in [0.15, 0.2) is 18.2 Å². The molecule has 4 nitrogen and oxygen atoms in total. The Labute approximate surface area is 99.9 Å². The zero-order valence-electron chi connectivity index (χ0n) is 9.85. The maximum atomic E-state index is 10.2. The first kappa shape index (κ1) is 10.3. The van der Waals surface area contributed by atoms with Crippen molar-refractivity contribution >= 4 is 0 Å². The number of fused-ring (bicyclic) bond motifs is 1. The van der Waals surface area contributed by atoms with Gasteiger partial charge >= 0.3 is 0 Å². The predicted octanol–water partition coefficient (Wildman–Crippen LogP) is 2.16. The van der Waals surface area contributed by atoms with Gasteiger partial charge in [0, 0.05) is 11.3 Å². The highest BCUT2D eigenvalue weighted by molar-refractivity contribution is 5.38. The van der Waals surface area contributed by atoms with E-state index in [1.165, 1.54) is 0 Å². The van der Waals surface area contributed by atoms with Crippen LogP contribution in [0.25, 0.3) is 5.82 Å². The van der Waals surface area contributed by atoms with Crippen LogP contribution in [0.2, 0.25) is 0 Å². The predicted molar refractivity (Wildman–Crippen MR) is 64.4 cm³/mol. The van der Waals surface area contributed by atoms with Gasteiger partial charge in [0.2, 0.25) is 5.88 Å². The average Bonchev–Trinajstić information content (AvgIpc) is 2.68. The number of hydrogen-bond donors (Lipinski definition) is 1. The van der Waals surface area contributed by atoms with Gasteiger partial charge in [0.05, 0.1) is 5.69 Å². The summed E-state index contributed by atoms with van der Waals surface area (Å²) in [5.41, 5.74) is 2.95. The standard InChI is InChI=1S/C13H15N3O/c1-9-5-4-8-12(14-9)16-13(17)10-6-2-3-7-11(10)15-16/h4-5,8,17H,2-3,6-7H2,1H3. The lowest BCUT2D eigenvalue weighted by molar-refractivity contribution is 0.425. The van der Waals surface area contributed by atoms with Crippen LogP contribution in [0.1, 0.15) is 29.8 Å². The zero-order chi connectivity index (χ0) is 11.8. The van der Waals surface area contributed by atoms with E-state index >= 15 is 0 Å². The normalized spacial score (nSPS) is 14.6. The van der Waals surface area contributed by atoms with E-state index in [9.17, 15) is 5.11 Å². The maximum Gasteiger partial charge on any atom is 0.219 e. The molecule has 0 radical (unpaired) electrons. The molecule has 2 aromatic heterocycles. The largest absolute Gasteiger partial charge is 0.493 e. The highest BCUT2D eigenvalue weighted by Gasteiger charge is 2.21. The van der Waals surface area contributed by atoms with Crippen molar-refractivity contribution in [2.75, 3.05) is 0 Å². The van der Waals surface area contributed by atoms with Crippen LogP contribution in [0.5, 0.6) is 5.88 Å². The first-order chi connectivity index (χ1) is 8.25. The summed E-state index contributed by atoms with van der Waals surface area (Å²) in [5.74, 6) is 0.953. The Kier molecular flexibility index (Phi) is 2.35. The lowest BCUT2D eigenvalue weighted by Crippen LogP contribution is -2.01. The smallest absolute Gasteiger partial charge is 0.219 e. The molecule has 0 amide bonds. The minimum Gasteiger partial charge on any atom is -0.493 e. The summed E-state index contributed by atoms with van der Waals surface area (Å²) in [4.78, 5) is 4.39. The fraction of sp³-hybridized carbons (Fsp3) is 0.385. The van der Waals surface area contributed by atoms with Gasteiger partial charge in [0.1, 0.15) is 0 Å². The summed E-state index contributed by atoms with van der Waals surface area (Å²) in [6.07, 6.45) is 4.17. The molecule has 88 valence electrons. The molecular weight excluding hydrogens is 214 g/mol. The Balaban J connectivity index is 2.12. The van der Waals surface area contributed by atoms with Gasteiger partial charge in [-0.1, -0.05) is 6.07 Å². The molecule has 0 aliphatic heterocycles. The Hall–Kier alpha value is -1.84. The fourth-order valence-corrected chi connectivity index (χ4v) is 2.34. The van der Waals surface area contributed by atoms with Crippen LogP contribution in [-0.4, -0.2) is 19.9 Å². The molecule has 2 aromatic rings. The number of nitrogens with zero attached hydrogens (tertiary/aromatic N) is 3. The van der Waals surface area contributed by atoms with E-state index in [4.69, 9.17) is 0 Å². The molecule has 2 heterocycles. The van der Waals surface area contributed by atoms with Gasteiger partial charge in [0.15, 0.2) is 5.82 Å². The molecule has 4 heteroatoms. The van der Waals surface area contributed by atoms with E-state index in [1.807, 2.05) is 25.1 Å². The minimum atomic E-state index is 0.262. The Morgan fingerprint density at radius 2 is 2.06 bits per heavy atom. The summed E-state index contributed by atoms with van der Waals surface area (Å²) in [6, 6.07) is 5.73. The van der Waals surface area contributed by atoms with Crippen molar-refractivity contribution in [3.8, 4) is 11.7 Å². The molecule has 0 saturated heterocycles. The fourth-order valence-electron chi connectivity index (χ4n) is 2.34. The minimum absolute atomic E-state index is 0.262. The van der Waals surface area contributed by atoms with Gasteiger partial charge in [-0.25, -0.2) is 4.98 Å². The number of rotatable bonds is 1. The molecule has 1 aliphatic rings. The third kappa shape index (κ3) is 1.69. The highest BCUT2D eigenvalue weighted by atomic mass is 16.3. The number of aromatic nitrogens is 3. The highest BCUT2D eigenvalue weighted by Crippen LogP contribution is 2.30. The van der Waals surface area contributed by atoms with Crippen LogP contribution in [-0.2, 0) is 12.8 Å². The van der Waals surface area contributed by atoms with Gasteiger partial charge in [-0.05, 0) is 44.7 Å². The second-order valence-corrected chi connectivity index (χ2v) is 4.50. The number of hydrogen-bond acceptors (Lipinski definition) is 3. The molecule has 0 aromatic carbocycles. The van der Waals surface area contributed by atoms with Crippen LogP contribution < -0.4 is 0 Å². The molecular formula is C13H15N3O. The average molecular weight is 229 g/mol. The van der Waals surface area contributed by atoms with E-state index in [0.717, 1.165) is 42.6 Å². The van der Waals surface area contributed by atoms with E-state index in [1.54, 1.807) is 4.68 Å². The second kappa shape index (κ2) is 3.87. The molecule has 1 N–H and O–H groups in total. The quantitative estimate of drug-likeness (QED) is 0.815. The molecule has 0 spiro atoms. The topological polar surface area (TPSA) is 50.9 Å². The molecule has 0 unspecified atom stereocenters. The monoisotopic (exact) mass is 229 g/mol. The molecule has 17 heavy (non-hydrogen) atoms. The van der Waals surface area contributed by atoms with Crippen molar-refractivity contribution in [3.63, 3.8) is 0 Å².